The van der Waals surface area contributed by atoms with Gasteiger partial charge in [-0.05, 0) is 26.3 Å². The number of aryl methyl sites for hydroxylation is 1. The summed E-state index contributed by atoms with van der Waals surface area (Å²) in [5.74, 6) is -0.142. The molecule has 1 aromatic carbocycles. The second-order valence-electron chi connectivity index (χ2n) is 4.75. The van der Waals surface area contributed by atoms with E-state index in [1.54, 1.807) is 0 Å². The summed E-state index contributed by atoms with van der Waals surface area (Å²) in [5, 5.41) is 0. The molecule has 0 bridgehead atoms. The summed E-state index contributed by atoms with van der Waals surface area (Å²) in [6.45, 7) is 7.76. The highest BCUT2D eigenvalue weighted by Crippen LogP contribution is 2.18. The van der Waals surface area contributed by atoms with E-state index in [1.807, 2.05) is 20.8 Å². The van der Waals surface area contributed by atoms with Crippen LogP contribution in [0.5, 0.6) is 0 Å². The predicted octanol–water partition coefficient (Wildman–Crippen LogP) is 3.27. The summed E-state index contributed by atoms with van der Waals surface area (Å²) in [6, 6.07) is 8.31. The predicted molar refractivity (Wildman–Crippen MR) is 65.3 cm³/mol. The Balaban J connectivity index is 2.64. The topological polar surface area (TPSA) is 26.3 Å². The van der Waals surface area contributed by atoms with Gasteiger partial charge < -0.3 is 4.74 Å². The molecule has 0 radical (unpaired) electrons. The van der Waals surface area contributed by atoms with Crippen molar-refractivity contribution in [3.05, 3.63) is 35.4 Å². The Labute approximate surface area is 97.6 Å². The summed E-state index contributed by atoms with van der Waals surface area (Å²) in [4.78, 5) is 11.2. The Bertz CT molecular complexity index is 350. The average molecular weight is 220 g/mol. The molecule has 0 aliphatic rings. The molecule has 0 N–H and O–H groups in total. The van der Waals surface area contributed by atoms with Gasteiger partial charge in [0.1, 0.15) is 5.60 Å². The molecule has 0 fully saturated rings. The molecule has 0 aliphatic heterocycles. The van der Waals surface area contributed by atoms with Crippen LogP contribution in [0.2, 0.25) is 0 Å². The highest BCUT2D eigenvalue weighted by atomic mass is 16.6. The number of carbonyl (C=O) groups is 1. The zero-order valence-electron chi connectivity index (χ0n) is 10.5. The van der Waals surface area contributed by atoms with E-state index in [9.17, 15) is 4.79 Å². The molecule has 0 atom stereocenters. The Morgan fingerprint density at radius 2 is 1.81 bits per heavy atom. The van der Waals surface area contributed by atoms with Crippen molar-refractivity contribution in [1.29, 1.82) is 0 Å². The number of esters is 1. The van der Waals surface area contributed by atoms with Crippen molar-refractivity contribution in [3.63, 3.8) is 0 Å². The minimum atomic E-state index is -0.428. The third kappa shape index (κ3) is 4.05. The number of rotatable bonds is 4. The van der Waals surface area contributed by atoms with E-state index in [2.05, 4.69) is 31.2 Å². The molecular weight excluding hydrogens is 200 g/mol. The molecule has 16 heavy (non-hydrogen) atoms. The van der Waals surface area contributed by atoms with Crippen molar-refractivity contribution in [2.24, 2.45) is 0 Å². The van der Waals surface area contributed by atoms with Gasteiger partial charge in [-0.25, -0.2) is 0 Å². The summed E-state index contributed by atoms with van der Waals surface area (Å²) < 4.78 is 5.38. The van der Waals surface area contributed by atoms with E-state index in [1.165, 1.54) is 11.1 Å². The molecule has 1 rings (SSSR count). The van der Waals surface area contributed by atoms with Gasteiger partial charge in [0.2, 0.25) is 0 Å². The quantitative estimate of drug-likeness (QED) is 0.728. The largest absolute Gasteiger partial charge is 0.459 e. The lowest BCUT2D eigenvalue weighted by Gasteiger charge is -2.25. The molecule has 0 aromatic heterocycles. The van der Waals surface area contributed by atoms with Crippen LogP contribution in [-0.2, 0) is 16.0 Å². The van der Waals surface area contributed by atoms with E-state index in [4.69, 9.17) is 4.74 Å². The molecule has 2 heteroatoms. The van der Waals surface area contributed by atoms with Crippen molar-refractivity contribution >= 4 is 5.97 Å². The van der Waals surface area contributed by atoms with E-state index in [0.29, 0.717) is 6.42 Å². The zero-order valence-corrected chi connectivity index (χ0v) is 10.5. The van der Waals surface area contributed by atoms with E-state index in [0.717, 1.165) is 6.42 Å². The lowest BCUT2D eigenvalue weighted by atomic mass is 9.97. The fraction of sp³-hybridized carbons (Fsp3) is 0.500. The van der Waals surface area contributed by atoms with E-state index >= 15 is 0 Å². The van der Waals surface area contributed by atoms with Crippen LogP contribution in [0.25, 0.3) is 0 Å². The van der Waals surface area contributed by atoms with Gasteiger partial charge in [0.05, 0.1) is 0 Å². The first kappa shape index (κ1) is 12.8. The maximum atomic E-state index is 11.2. The minimum Gasteiger partial charge on any atom is -0.459 e. The molecule has 0 saturated heterocycles. The molecule has 0 spiro atoms. The summed E-state index contributed by atoms with van der Waals surface area (Å²) >= 11 is 0. The van der Waals surface area contributed by atoms with E-state index < -0.39 is 5.60 Å². The maximum absolute atomic E-state index is 11.2. The molecule has 0 saturated carbocycles. The minimum absolute atomic E-state index is 0.142. The number of hydrogen-bond acceptors (Lipinski definition) is 2. The van der Waals surface area contributed by atoms with Gasteiger partial charge in [-0.3, -0.25) is 4.79 Å². The highest BCUT2D eigenvalue weighted by molar-refractivity contribution is 5.69. The van der Waals surface area contributed by atoms with E-state index in [-0.39, 0.29) is 5.97 Å². The maximum Gasteiger partial charge on any atom is 0.306 e. The summed E-state index contributed by atoms with van der Waals surface area (Å²) in [7, 11) is 0. The Hall–Kier alpha value is -1.31. The molecule has 0 amide bonds. The molecular formula is C14H20O2. The van der Waals surface area contributed by atoms with Crippen LogP contribution >= 0.6 is 0 Å². The molecule has 0 heterocycles. The Kier molecular flexibility index (Phi) is 4.11. The van der Waals surface area contributed by atoms with Crippen molar-refractivity contribution in [3.8, 4) is 0 Å². The smallest absolute Gasteiger partial charge is 0.306 e. The monoisotopic (exact) mass is 220 g/mol. The highest BCUT2D eigenvalue weighted by Gasteiger charge is 2.22. The van der Waals surface area contributed by atoms with Crippen LogP contribution in [0, 0.1) is 6.92 Å². The van der Waals surface area contributed by atoms with Crippen LogP contribution < -0.4 is 0 Å². The fourth-order valence-corrected chi connectivity index (χ4v) is 1.61. The van der Waals surface area contributed by atoms with Crippen molar-refractivity contribution < 1.29 is 9.53 Å². The van der Waals surface area contributed by atoms with Crippen LogP contribution in [0.1, 0.15) is 38.3 Å². The van der Waals surface area contributed by atoms with Crippen molar-refractivity contribution in [1.82, 2.24) is 0 Å². The average Bonchev–Trinajstić information content (AvgIpc) is 2.20. The molecule has 2 nitrogen and oxygen atoms in total. The van der Waals surface area contributed by atoms with Crippen LogP contribution in [0.15, 0.2) is 24.3 Å². The Morgan fingerprint density at radius 3 is 2.31 bits per heavy atom. The first-order chi connectivity index (χ1) is 7.43. The third-order valence-corrected chi connectivity index (χ3v) is 2.43. The zero-order chi connectivity index (χ0) is 12.2. The van der Waals surface area contributed by atoms with Crippen LogP contribution in [-0.4, -0.2) is 11.6 Å². The second-order valence-corrected chi connectivity index (χ2v) is 4.75. The first-order valence-corrected chi connectivity index (χ1v) is 5.70. The molecule has 0 aliphatic carbocycles. The third-order valence-electron chi connectivity index (χ3n) is 2.43. The van der Waals surface area contributed by atoms with Crippen LogP contribution in [0.3, 0.4) is 0 Å². The van der Waals surface area contributed by atoms with Gasteiger partial charge in [-0.2, -0.15) is 0 Å². The second kappa shape index (κ2) is 5.15. The number of carbonyl (C=O) groups excluding carboxylic acids is 1. The van der Waals surface area contributed by atoms with Gasteiger partial charge >= 0.3 is 5.97 Å². The van der Waals surface area contributed by atoms with Gasteiger partial charge in [-0.15, -0.1) is 0 Å². The SMILES string of the molecule is CCC(=O)OC(C)(C)Cc1ccc(C)cc1. The van der Waals surface area contributed by atoms with Gasteiger partial charge in [0.25, 0.3) is 0 Å². The standard InChI is InChI=1S/C14H20O2/c1-5-13(15)16-14(3,4)10-12-8-6-11(2)7-9-12/h6-9H,5,10H2,1-4H3. The first-order valence-electron chi connectivity index (χ1n) is 5.70. The summed E-state index contributed by atoms with van der Waals surface area (Å²) in [6.07, 6.45) is 1.18. The summed E-state index contributed by atoms with van der Waals surface area (Å²) in [5.41, 5.74) is 2.01. The lowest BCUT2D eigenvalue weighted by Crippen LogP contribution is -2.30. The molecule has 0 unspecified atom stereocenters. The van der Waals surface area contributed by atoms with Gasteiger partial charge in [0.15, 0.2) is 0 Å². The Morgan fingerprint density at radius 1 is 1.25 bits per heavy atom. The molecule has 88 valence electrons. The van der Waals surface area contributed by atoms with Crippen molar-refractivity contribution in [2.75, 3.05) is 0 Å². The fourth-order valence-electron chi connectivity index (χ4n) is 1.61. The van der Waals surface area contributed by atoms with Crippen LogP contribution in [0.4, 0.5) is 0 Å². The lowest BCUT2D eigenvalue weighted by molar-refractivity contribution is -0.155. The number of hydrogen-bond donors (Lipinski definition) is 0. The normalized spacial score (nSPS) is 11.2. The number of benzene rings is 1. The van der Waals surface area contributed by atoms with Crippen molar-refractivity contribution in [2.45, 2.75) is 46.1 Å². The van der Waals surface area contributed by atoms with Gasteiger partial charge in [0, 0.05) is 12.8 Å². The molecule has 1 aromatic rings. The van der Waals surface area contributed by atoms with Gasteiger partial charge in [-0.1, -0.05) is 36.8 Å². The number of ether oxygens (including phenoxy) is 1.